The maximum atomic E-state index is 10.1. The zero-order valence-electron chi connectivity index (χ0n) is 5.99. The van der Waals surface area contributed by atoms with E-state index in [1.807, 2.05) is 0 Å². The van der Waals surface area contributed by atoms with Crippen LogP contribution in [0.25, 0.3) is 0 Å². The molecule has 0 amide bonds. The van der Waals surface area contributed by atoms with Gasteiger partial charge in [-0.15, -0.1) is 0 Å². The average Bonchev–Trinajstić information content (AvgIpc) is 2.10. The Morgan fingerprint density at radius 3 is 2.55 bits per heavy atom. The van der Waals surface area contributed by atoms with Crippen LogP contribution in [0.1, 0.15) is 10.4 Å². The fraction of sp³-hybridized carbons (Fsp3) is 0.143. The van der Waals surface area contributed by atoms with Gasteiger partial charge in [-0.1, -0.05) is 0 Å². The molecule has 0 fully saturated rings. The Morgan fingerprint density at radius 1 is 1.55 bits per heavy atom. The number of pyridine rings is 1. The number of hydrogen-bond donors (Lipinski definition) is 1. The molecule has 1 N–H and O–H groups in total. The summed E-state index contributed by atoms with van der Waals surface area (Å²) in [6.45, 7) is 0. The van der Waals surface area contributed by atoms with Crippen LogP contribution in [0.15, 0.2) is 22.9 Å². The third-order valence-electron chi connectivity index (χ3n) is 0.886. The van der Waals surface area contributed by atoms with Gasteiger partial charge in [0.05, 0.1) is 0 Å². The van der Waals surface area contributed by atoms with Crippen molar-refractivity contribution < 1.29 is 9.90 Å². The Bertz CT molecular complexity index is 210. The lowest BCUT2D eigenvalue weighted by atomic mass is 10.3. The number of rotatable bonds is 1. The maximum absolute atomic E-state index is 10.1. The molecule has 0 atom stereocenters. The van der Waals surface area contributed by atoms with Crippen LogP contribution >= 0.6 is 15.9 Å². The molecule has 0 unspecified atom stereocenters. The molecule has 4 heteroatoms. The summed E-state index contributed by atoms with van der Waals surface area (Å²) in [7, 11) is 1.00. The van der Waals surface area contributed by atoms with Crippen LogP contribution in [0.2, 0.25) is 0 Å². The number of carbonyl (C=O) groups is 1. The lowest BCUT2D eigenvalue weighted by Gasteiger charge is -1.87. The number of halogens is 1. The smallest absolute Gasteiger partial charge is 0.151 e. The van der Waals surface area contributed by atoms with Gasteiger partial charge in [0.2, 0.25) is 0 Å². The molecule has 1 heterocycles. The number of aldehydes is 1. The molecule has 0 aliphatic carbocycles. The minimum absolute atomic E-state index is 0.596. The van der Waals surface area contributed by atoms with Crippen molar-refractivity contribution in [3.63, 3.8) is 0 Å². The summed E-state index contributed by atoms with van der Waals surface area (Å²) < 4.78 is 0.744. The van der Waals surface area contributed by atoms with Crippen LogP contribution in [0.5, 0.6) is 0 Å². The molecule has 1 rings (SSSR count). The van der Waals surface area contributed by atoms with Crippen molar-refractivity contribution >= 4 is 22.2 Å². The van der Waals surface area contributed by atoms with Crippen molar-refractivity contribution in [1.82, 2.24) is 4.98 Å². The van der Waals surface area contributed by atoms with Crippen LogP contribution in [-0.4, -0.2) is 23.5 Å². The van der Waals surface area contributed by atoms with E-state index in [1.54, 1.807) is 12.1 Å². The van der Waals surface area contributed by atoms with Gasteiger partial charge in [-0.05, 0) is 28.1 Å². The third kappa shape index (κ3) is 3.85. The second-order valence-corrected chi connectivity index (χ2v) is 2.34. The number of carbonyl (C=O) groups excluding carboxylic acids is 1. The first-order valence-electron chi connectivity index (χ1n) is 2.84. The van der Waals surface area contributed by atoms with Gasteiger partial charge in [0.25, 0.3) is 0 Å². The second kappa shape index (κ2) is 6.00. The summed E-state index contributed by atoms with van der Waals surface area (Å²) in [6.07, 6.45) is 2.27. The summed E-state index contributed by atoms with van der Waals surface area (Å²) >= 11 is 3.15. The predicted octanol–water partition coefficient (Wildman–Crippen LogP) is 1.27. The zero-order chi connectivity index (χ0) is 8.69. The van der Waals surface area contributed by atoms with E-state index in [0.717, 1.165) is 18.0 Å². The molecule has 11 heavy (non-hydrogen) atoms. The van der Waals surface area contributed by atoms with Crippen LogP contribution in [0.4, 0.5) is 0 Å². The molecule has 0 aromatic carbocycles. The highest BCUT2D eigenvalue weighted by Gasteiger charge is 1.87. The SMILES string of the molecule is CO.O=Cc1ccc(Br)nc1. The summed E-state index contributed by atoms with van der Waals surface area (Å²) in [6, 6.07) is 3.42. The molecule has 1 aromatic heterocycles. The molecule has 0 bridgehead atoms. The monoisotopic (exact) mass is 217 g/mol. The minimum Gasteiger partial charge on any atom is -0.400 e. The van der Waals surface area contributed by atoms with Gasteiger partial charge in [-0.3, -0.25) is 4.79 Å². The van der Waals surface area contributed by atoms with Crippen molar-refractivity contribution in [3.8, 4) is 0 Å². The van der Waals surface area contributed by atoms with Crippen molar-refractivity contribution in [2.24, 2.45) is 0 Å². The molecule has 0 saturated carbocycles. The first-order valence-corrected chi connectivity index (χ1v) is 3.63. The van der Waals surface area contributed by atoms with Crippen LogP contribution < -0.4 is 0 Å². The zero-order valence-corrected chi connectivity index (χ0v) is 7.58. The quantitative estimate of drug-likeness (QED) is 0.570. The molecule has 0 aliphatic rings. The summed E-state index contributed by atoms with van der Waals surface area (Å²) in [4.78, 5) is 13.9. The van der Waals surface area contributed by atoms with Gasteiger partial charge >= 0.3 is 0 Å². The molecule has 3 nitrogen and oxygen atoms in total. The van der Waals surface area contributed by atoms with Crippen LogP contribution in [-0.2, 0) is 0 Å². The maximum Gasteiger partial charge on any atom is 0.151 e. The first-order chi connectivity index (χ1) is 5.33. The largest absolute Gasteiger partial charge is 0.400 e. The second-order valence-electron chi connectivity index (χ2n) is 1.53. The Labute approximate surface area is 73.2 Å². The van der Waals surface area contributed by atoms with Crippen LogP contribution in [0, 0.1) is 0 Å². The highest BCUT2D eigenvalue weighted by Crippen LogP contribution is 2.03. The van der Waals surface area contributed by atoms with E-state index in [1.165, 1.54) is 6.20 Å². The van der Waals surface area contributed by atoms with Gasteiger partial charge in [-0.25, -0.2) is 4.98 Å². The van der Waals surface area contributed by atoms with E-state index < -0.39 is 0 Å². The highest BCUT2D eigenvalue weighted by molar-refractivity contribution is 9.10. The van der Waals surface area contributed by atoms with Gasteiger partial charge in [0.15, 0.2) is 6.29 Å². The fourth-order valence-corrected chi connectivity index (χ4v) is 0.692. The lowest BCUT2D eigenvalue weighted by Crippen LogP contribution is -1.80. The topological polar surface area (TPSA) is 50.2 Å². The van der Waals surface area contributed by atoms with E-state index in [0.29, 0.717) is 5.56 Å². The summed E-state index contributed by atoms with van der Waals surface area (Å²) in [5.74, 6) is 0. The molecule has 0 aliphatic heterocycles. The summed E-state index contributed by atoms with van der Waals surface area (Å²) in [5.41, 5.74) is 0.596. The molecule has 0 radical (unpaired) electrons. The van der Waals surface area contributed by atoms with Crippen LogP contribution in [0.3, 0.4) is 0 Å². The Morgan fingerprint density at radius 2 is 2.18 bits per heavy atom. The predicted molar refractivity (Wildman–Crippen MR) is 45.5 cm³/mol. The molecular formula is C7H8BrNO2. The average molecular weight is 218 g/mol. The minimum atomic E-state index is 0.596. The lowest BCUT2D eigenvalue weighted by molar-refractivity contribution is 0.112. The van der Waals surface area contributed by atoms with E-state index in [2.05, 4.69) is 20.9 Å². The fourth-order valence-electron chi connectivity index (χ4n) is 0.457. The number of nitrogens with zero attached hydrogens (tertiary/aromatic N) is 1. The molecule has 0 saturated heterocycles. The van der Waals surface area contributed by atoms with Crippen molar-refractivity contribution in [2.75, 3.05) is 7.11 Å². The first kappa shape index (κ1) is 10.3. The molecule has 1 aromatic rings. The molecule has 60 valence electrons. The van der Waals surface area contributed by atoms with Gasteiger partial charge < -0.3 is 5.11 Å². The number of aromatic nitrogens is 1. The Hall–Kier alpha value is -0.740. The Kier molecular flexibility index (Phi) is 5.60. The van der Waals surface area contributed by atoms with Crippen molar-refractivity contribution in [2.45, 2.75) is 0 Å². The normalized spacial score (nSPS) is 7.91. The van der Waals surface area contributed by atoms with Gasteiger partial charge in [0.1, 0.15) is 4.60 Å². The number of aliphatic hydroxyl groups is 1. The summed E-state index contributed by atoms with van der Waals surface area (Å²) in [5, 5.41) is 7.00. The van der Waals surface area contributed by atoms with E-state index >= 15 is 0 Å². The molecular weight excluding hydrogens is 210 g/mol. The van der Waals surface area contributed by atoms with E-state index in [4.69, 9.17) is 5.11 Å². The standard InChI is InChI=1S/C6H4BrNO.CH4O/c7-6-2-1-5(4-9)3-8-6;1-2/h1-4H;2H,1H3. The number of hydrogen-bond acceptors (Lipinski definition) is 3. The van der Waals surface area contributed by atoms with Gasteiger partial charge in [0, 0.05) is 18.9 Å². The van der Waals surface area contributed by atoms with E-state index in [-0.39, 0.29) is 0 Å². The third-order valence-corrected chi connectivity index (χ3v) is 1.36. The van der Waals surface area contributed by atoms with Crippen molar-refractivity contribution in [1.29, 1.82) is 0 Å². The van der Waals surface area contributed by atoms with Gasteiger partial charge in [-0.2, -0.15) is 0 Å². The number of aliphatic hydroxyl groups excluding tert-OH is 1. The molecule has 0 spiro atoms. The van der Waals surface area contributed by atoms with Crippen molar-refractivity contribution in [3.05, 3.63) is 28.5 Å². The van der Waals surface area contributed by atoms with E-state index in [9.17, 15) is 4.79 Å². The highest BCUT2D eigenvalue weighted by atomic mass is 79.9. The Balaban J connectivity index is 0.000000461.